The van der Waals surface area contributed by atoms with Crippen LogP contribution in [0.2, 0.25) is 0 Å². The van der Waals surface area contributed by atoms with Crippen molar-refractivity contribution in [2.24, 2.45) is 0 Å². The zero-order valence-corrected chi connectivity index (χ0v) is 15.1. The standard InChI is InChI=1S/C21H20N2OS/c1-15-9-11-16(12-10-15)18-20(19(24)17-7-3-2-4-8-17)25-21(22-18)23-13-5-6-14-23/h2-4,7-12H,5-6,13-14H2,1H3. The van der Waals surface area contributed by atoms with E-state index in [-0.39, 0.29) is 5.78 Å². The SMILES string of the molecule is Cc1ccc(-c2nc(N3CCCC3)sc2C(=O)c2ccccc2)cc1. The maximum absolute atomic E-state index is 13.1. The molecule has 0 aliphatic carbocycles. The van der Waals surface area contributed by atoms with E-state index in [0.29, 0.717) is 5.56 Å². The fourth-order valence-electron chi connectivity index (χ4n) is 3.13. The molecule has 0 unspecified atom stereocenters. The summed E-state index contributed by atoms with van der Waals surface area (Å²) in [4.78, 5) is 21.0. The second-order valence-electron chi connectivity index (χ2n) is 6.43. The molecule has 2 heterocycles. The van der Waals surface area contributed by atoms with E-state index in [9.17, 15) is 4.79 Å². The predicted molar refractivity (Wildman–Crippen MR) is 104 cm³/mol. The molecule has 0 bridgehead atoms. The number of hydrogen-bond acceptors (Lipinski definition) is 4. The monoisotopic (exact) mass is 348 g/mol. The second kappa shape index (κ2) is 6.81. The third kappa shape index (κ3) is 3.22. The van der Waals surface area contributed by atoms with Crippen molar-refractivity contribution in [1.82, 2.24) is 4.98 Å². The highest BCUT2D eigenvalue weighted by atomic mass is 32.1. The molecule has 1 fully saturated rings. The summed E-state index contributed by atoms with van der Waals surface area (Å²) in [7, 11) is 0. The summed E-state index contributed by atoms with van der Waals surface area (Å²) >= 11 is 1.52. The van der Waals surface area contributed by atoms with Crippen molar-refractivity contribution in [3.8, 4) is 11.3 Å². The number of ketones is 1. The van der Waals surface area contributed by atoms with Gasteiger partial charge in [-0.1, -0.05) is 71.5 Å². The first kappa shape index (κ1) is 16.0. The Morgan fingerprint density at radius 1 is 1.00 bits per heavy atom. The quantitative estimate of drug-likeness (QED) is 0.626. The minimum Gasteiger partial charge on any atom is -0.348 e. The highest BCUT2D eigenvalue weighted by Gasteiger charge is 2.24. The normalized spacial score (nSPS) is 14.0. The van der Waals surface area contributed by atoms with Gasteiger partial charge in [0.15, 0.2) is 5.13 Å². The minimum atomic E-state index is 0.0547. The first-order valence-electron chi connectivity index (χ1n) is 8.65. The molecular weight excluding hydrogens is 328 g/mol. The highest BCUT2D eigenvalue weighted by Crippen LogP contribution is 2.36. The van der Waals surface area contributed by atoms with Crippen molar-refractivity contribution in [1.29, 1.82) is 0 Å². The summed E-state index contributed by atoms with van der Waals surface area (Å²) in [5.41, 5.74) is 3.73. The molecule has 0 N–H and O–H groups in total. The topological polar surface area (TPSA) is 33.2 Å². The summed E-state index contributed by atoms with van der Waals surface area (Å²) in [6.45, 7) is 4.12. The lowest BCUT2D eigenvalue weighted by Crippen LogP contribution is -2.17. The Balaban J connectivity index is 1.80. The van der Waals surface area contributed by atoms with E-state index in [0.717, 1.165) is 34.4 Å². The number of carbonyl (C=O) groups excluding carboxylic acids is 1. The molecule has 1 aliphatic rings. The van der Waals surface area contributed by atoms with E-state index in [4.69, 9.17) is 4.98 Å². The molecule has 3 nitrogen and oxygen atoms in total. The summed E-state index contributed by atoms with van der Waals surface area (Å²) < 4.78 is 0. The summed E-state index contributed by atoms with van der Waals surface area (Å²) in [5, 5.41) is 0.965. The molecule has 126 valence electrons. The molecule has 2 aromatic carbocycles. The summed E-state index contributed by atoms with van der Waals surface area (Å²) in [6.07, 6.45) is 2.39. The number of anilines is 1. The first-order valence-corrected chi connectivity index (χ1v) is 9.46. The Bertz CT molecular complexity index is 878. The van der Waals surface area contributed by atoms with Gasteiger partial charge in [0.2, 0.25) is 5.78 Å². The van der Waals surface area contributed by atoms with Crippen molar-refractivity contribution < 1.29 is 4.79 Å². The average Bonchev–Trinajstić information content (AvgIpc) is 3.32. The largest absolute Gasteiger partial charge is 0.348 e. The van der Waals surface area contributed by atoms with Gasteiger partial charge in [0.25, 0.3) is 0 Å². The molecule has 0 atom stereocenters. The van der Waals surface area contributed by atoms with Gasteiger partial charge in [-0.3, -0.25) is 4.79 Å². The third-order valence-corrected chi connectivity index (χ3v) is 5.67. The van der Waals surface area contributed by atoms with Gasteiger partial charge in [0.1, 0.15) is 4.88 Å². The lowest BCUT2D eigenvalue weighted by Gasteiger charge is -2.12. The van der Waals surface area contributed by atoms with Gasteiger partial charge in [0, 0.05) is 24.2 Å². The Labute approximate surface area is 152 Å². The maximum atomic E-state index is 13.1. The van der Waals surface area contributed by atoms with Crippen LogP contribution in [0.4, 0.5) is 5.13 Å². The van der Waals surface area contributed by atoms with Gasteiger partial charge in [-0.25, -0.2) is 4.98 Å². The Morgan fingerprint density at radius 3 is 2.36 bits per heavy atom. The van der Waals surface area contributed by atoms with Gasteiger partial charge >= 0.3 is 0 Å². The number of rotatable bonds is 4. The van der Waals surface area contributed by atoms with Crippen LogP contribution < -0.4 is 4.90 Å². The number of thiazole rings is 1. The van der Waals surface area contributed by atoms with Crippen molar-refractivity contribution in [3.05, 3.63) is 70.6 Å². The number of aromatic nitrogens is 1. The van der Waals surface area contributed by atoms with Crippen molar-refractivity contribution in [3.63, 3.8) is 0 Å². The van der Waals surface area contributed by atoms with Crippen LogP contribution in [0, 0.1) is 6.92 Å². The van der Waals surface area contributed by atoms with Crippen LogP contribution in [-0.2, 0) is 0 Å². The van der Waals surface area contributed by atoms with Crippen molar-refractivity contribution in [2.45, 2.75) is 19.8 Å². The molecule has 4 rings (SSSR count). The van der Waals surface area contributed by atoms with Gasteiger partial charge in [-0.2, -0.15) is 0 Å². The number of aryl methyl sites for hydroxylation is 1. The number of benzene rings is 2. The number of nitrogens with zero attached hydrogens (tertiary/aromatic N) is 2. The molecule has 1 saturated heterocycles. The molecule has 25 heavy (non-hydrogen) atoms. The fraction of sp³-hybridized carbons (Fsp3) is 0.238. The molecule has 0 radical (unpaired) electrons. The van der Waals surface area contributed by atoms with E-state index < -0.39 is 0 Å². The predicted octanol–water partition coefficient (Wildman–Crippen LogP) is 4.95. The molecule has 4 heteroatoms. The Morgan fingerprint density at radius 2 is 1.68 bits per heavy atom. The van der Waals surface area contributed by atoms with Crippen LogP contribution in [0.25, 0.3) is 11.3 Å². The Kier molecular flexibility index (Phi) is 4.36. The first-order chi connectivity index (χ1) is 12.2. The van der Waals surface area contributed by atoms with Crippen LogP contribution in [-0.4, -0.2) is 23.9 Å². The van der Waals surface area contributed by atoms with E-state index in [1.54, 1.807) is 0 Å². The van der Waals surface area contributed by atoms with Gasteiger partial charge in [0.05, 0.1) is 5.69 Å². The van der Waals surface area contributed by atoms with Crippen molar-refractivity contribution >= 4 is 22.3 Å². The fourth-order valence-corrected chi connectivity index (χ4v) is 4.24. The van der Waals surface area contributed by atoms with Crippen LogP contribution in [0.1, 0.15) is 33.6 Å². The zero-order chi connectivity index (χ0) is 17.2. The van der Waals surface area contributed by atoms with Crippen LogP contribution in [0.15, 0.2) is 54.6 Å². The molecule has 0 amide bonds. The highest BCUT2D eigenvalue weighted by molar-refractivity contribution is 7.18. The number of hydrogen-bond donors (Lipinski definition) is 0. The van der Waals surface area contributed by atoms with Gasteiger partial charge in [-0.05, 0) is 19.8 Å². The van der Waals surface area contributed by atoms with Crippen LogP contribution in [0.3, 0.4) is 0 Å². The third-order valence-electron chi connectivity index (χ3n) is 4.56. The zero-order valence-electron chi connectivity index (χ0n) is 14.2. The van der Waals surface area contributed by atoms with Gasteiger partial charge in [-0.15, -0.1) is 0 Å². The second-order valence-corrected chi connectivity index (χ2v) is 7.41. The van der Waals surface area contributed by atoms with Crippen LogP contribution >= 0.6 is 11.3 Å². The van der Waals surface area contributed by atoms with E-state index in [2.05, 4.69) is 36.1 Å². The molecule has 1 aromatic heterocycles. The minimum absolute atomic E-state index is 0.0547. The summed E-state index contributed by atoms with van der Waals surface area (Å²) in [5.74, 6) is 0.0547. The van der Waals surface area contributed by atoms with E-state index >= 15 is 0 Å². The molecule has 3 aromatic rings. The maximum Gasteiger partial charge on any atom is 0.205 e. The molecule has 1 aliphatic heterocycles. The van der Waals surface area contributed by atoms with E-state index in [1.165, 1.54) is 29.7 Å². The van der Waals surface area contributed by atoms with Crippen molar-refractivity contribution in [2.75, 3.05) is 18.0 Å². The van der Waals surface area contributed by atoms with Crippen LogP contribution in [0.5, 0.6) is 0 Å². The van der Waals surface area contributed by atoms with E-state index in [1.807, 2.05) is 30.3 Å². The average molecular weight is 348 g/mol. The lowest BCUT2D eigenvalue weighted by molar-refractivity contribution is 0.104. The Hall–Kier alpha value is -2.46. The molecular formula is C21H20N2OS. The smallest absolute Gasteiger partial charge is 0.205 e. The van der Waals surface area contributed by atoms with Gasteiger partial charge < -0.3 is 4.90 Å². The lowest BCUT2D eigenvalue weighted by atomic mass is 10.0. The summed E-state index contributed by atoms with van der Waals surface area (Å²) in [6, 6.07) is 17.7. The molecule has 0 saturated carbocycles. The molecule has 0 spiro atoms. The number of carbonyl (C=O) groups is 1.